The van der Waals surface area contributed by atoms with E-state index in [4.69, 9.17) is 4.74 Å². The minimum atomic E-state index is -0.368. The Morgan fingerprint density at radius 2 is 1.94 bits per heavy atom. The minimum Gasteiger partial charge on any atom is -0.410 e. The smallest absolute Gasteiger partial charge is 0.410 e. The Balaban J connectivity index is 1.86. The van der Waals surface area contributed by atoms with Crippen LogP contribution in [-0.2, 0) is 0 Å². The number of benzene rings is 1. The minimum absolute atomic E-state index is 0.272. The standard InChI is InChI=1S/C14H18NO2/c1-11-7-5-6-10-13(11)17-14(16)15-12-8-3-2-4-9-12/h5-7,10,12H,1-4,8-9H2,(H,15,16). The zero-order valence-electron chi connectivity index (χ0n) is 9.95. The molecule has 91 valence electrons. The summed E-state index contributed by atoms with van der Waals surface area (Å²) in [6.07, 6.45) is 5.40. The molecule has 0 aromatic heterocycles. The molecule has 0 aliphatic heterocycles. The van der Waals surface area contributed by atoms with Gasteiger partial charge in [-0.2, -0.15) is 0 Å². The van der Waals surface area contributed by atoms with Gasteiger partial charge in [-0.15, -0.1) is 0 Å². The van der Waals surface area contributed by atoms with Crippen molar-refractivity contribution in [1.82, 2.24) is 5.32 Å². The number of carbonyl (C=O) groups excluding carboxylic acids is 1. The first kappa shape index (κ1) is 12.0. The molecule has 1 N–H and O–H groups in total. The normalized spacial score (nSPS) is 16.5. The van der Waals surface area contributed by atoms with Crippen molar-refractivity contribution in [2.45, 2.75) is 38.1 Å². The molecule has 0 spiro atoms. The van der Waals surface area contributed by atoms with E-state index in [1.165, 1.54) is 19.3 Å². The summed E-state index contributed by atoms with van der Waals surface area (Å²) in [5, 5.41) is 2.91. The Labute approximate surface area is 102 Å². The molecule has 0 heterocycles. The molecule has 1 radical (unpaired) electrons. The van der Waals surface area contributed by atoms with Gasteiger partial charge in [-0.05, 0) is 31.4 Å². The molecule has 1 amide bonds. The number of carbonyl (C=O) groups is 1. The van der Waals surface area contributed by atoms with E-state index in [1.807, 2.05) is 18.2 Å². The van der Waals surface area contributed by atoms with Gasteiger partial charge in [0.05, 0.1) is 0 Å². The van der Waals surface area contributed by atoms with Crippen molar-refractivity contribution in [3.05, 3.63) is 36.8 Å². The third kappa shape index (κ3) is 3.48. The van der Waals surface area contributed by atoms with Crippen molar-refractivity contribution in [3.8, 4) is 5.75 Å². The van der Waals surface area contributed by atoms with Crippen LogP contribution in [0.15, 0.2) is 24.3 Å². The highest BCUT2D eigenvalue weighted by molar-refractivity contribution is 5.71. The highest BCUT2D eigenvalue weighted by Crippen LogP contribution is 2.19. The lowest BCUT2D eigenvalue weighted by molar-refractivity contribution is 0.192. The van der Waals surface area contributed by atoms with Gasteiger partial charge in [-0.25, -0.2) is 4.79 Å². The molecule has 1 aliphatic carbocycles. The third-order valence-electron chi connectivity index (χ3n) is 3.10. The topological polar surface area (TPSA) is 38.3 Å². The van der Waals surface area contributed by atoms with Gasteiger partial charge in [-0.1, -0.05) is 37.5 Å². The molecular weight excluding hydrogens is 214 g/mol. The maximum Gasteiger partial charge on any atom is 0.412 e. The van der Waals surface area contributed by atoms with Crippen molar-refractivity contribution >= 4 is 6.09 Å². The van der Waals surface area contributed by atoms with Gasteiger partial charge in [0.1, 0.15) is 5.75 Å². The van der Waals surface area contributed by atoms with E-state index >= 15 is 0 Å². The molecule has 1 aliphatic rings. The first-order chi connectivity index (χ1) is 8.25. The number of nitrogens with one attached hydrogen (secondary N) is 1. The van der Waals surface area contributed by atoms with Crippen molar-refractivity contribution in [2.75, 3.05) is 0 Å². The number of amides is 1. The van der Waals surface area contributed by atoms with E-state index in [1.54, 1.807) is 6.07 Å². The van der Waals surface area contributed by atoms with Crippen LogP contribution in [-0.4, -0.2) is 12.1 Å². The lowest BCUT2D eigenvalue weighted by Gasteiger charge is -2.22. The van der Waals surface area contributed by atoms with Gasteiger partial charge in [0, 0.05) is 6.04 Å². The molecule has 0 unspecified atom stereocenters. The summed E-state index contributed by atoms with van der Waals surface area (Å²) in [5.41, 5.74) is 0.728. The first-order valence-corrected chi connectivity index (χ1v) is 6.15. The fraction of sp³-hybridized carbons (Fsp3) is 0.429. The van der Waals surface area contributed by atoms with Crippen LogP contribution < -0.4 is 10.1 Å². The highest BCUT2D eigenvalue weighted by atomic mass is 16.6. The van der Waals surface area contributed by atoms with E-state index in [-0.39, 0.29) is 12.1 Å². The zero-order chi connectivity index (χ0) is 12.1. The van der Waals surface area contributed by atoms with Crippen LogP contribution in [0.1, 0.15) is 37.7 Å². The van der Waals surface area contributed by atoms with Crippen LogP contribution in [0, 0.1) is 6.92 Å². The molecule has 3 heteroatoms. The van der Waals surface area contributed by atoms with Gasteiger partial charge < -0.3 is 10.1 Å². The Morgan fingerprint density at radius 3 is 2.65 bits per heavy atom. The Kier molecular flexibility index (Phi) is 4.02. The van der Waals surface area contributed by atoms with Crippen molar-refractivity contribution in [2.24, 2.45) is 0 Å². The van der Waals surface area contributed by atoms with Gasteiger partial charge >= 0.3 is 6.09 Å². The van der Waals surface area contributed by atoms with Crippen molar-refractivity contribution < 1.29 is 9.53 Å². The molecule has 2 rings (SSSR count). The Bertz CT molecular complexity index is 384. The van der Waals surface area contributed by atoms with Gasteiger partial charge in [0.25, 0.3) is 0 Å². The molecule has 1 aromatic carbocycles. The molecule has 1 aromatic rings. The predicted octanol–water partition coefficient (Wildman–Crippen LogP) is 3.29. The molecule has 1 saturated carbocycles. The summed E-state index contributed by atoms with van der Waals surface area (Å²) in [6.45, 7) is 3.82. The molecule has 17 heavy (non-hydrogen) atoms. The zero-order valence-corrected chi connectivity index (χ0v) is 9.95. The molecule has 3 nitrogen and oxygen atoms in total. The summed E-state index contributed by atoms with van der Waals surface area (Å²) in [5.74, 6) is 0.529. The second kappa shape index (κ2) is 5.71. The fourth-order valence-corrected chi connectivity index (χ4v) is 2.15. The van der Waals surface area contributed by atoms with Crippen LogP contribution in [0.2, 0.25) is 0 Å². The summed E-state index contributed by atoms with van der Waals surface area (Å²) in [6, 6.07) is 7.55. The van der Waals surface area contributed by atoms with E-state index in [2.05, 4.69) is 12.2 Å². The maximum absolute atomic E-state index is 11.7. The van der Waals surface area contributed by atoms with Crippen LogP contribution in [0.3, 0.4) is 0 Å². The quantitative estimate of drug-likeness (QED) is 0.849. The Morgan fingerprint density at radius 1 is 1.24 bits per heavy atom. The number of hydrogen-bond acceptors (Lipinski definition) is 2. The highest BCUT2D eigenvalue weighted by Gasteiger charge is 2.16. The number of rotatable bonds is 2. The molecule has 1 fully saturated rings. The Hall–Kier alpha value is -1.51. The summed E-state index contributed by atoms with van der Waals surface area (Å²) >= 11 is 0. The van der Waals surface area contributed by atoms with Crippen LogP contribution in [0.5, 0.6) is 5.75 Å². The monoisotopic (exact) mass is 232 g/mol. The summed E-state index contributed by atoms with van der Waals surface area (Å²) in [4.78, 5) is 11.7. The average molecular weight is 232 g/mol. The van der Waals surface area contributed by atoms with E-state index < -0.39 is 0 Å². The molecular formula is C14H18NO2. The van der Waals surface area contributed by atoms with Gasteiger partial charge in [-0.3, -0.25) is 0 Å². The van der Waals surface area contributed by atoms with E-state index in [0.29, 0.717) is 5.75 Å². The number of ether oxygens (including phenoxy) is 1. The first-order valence-electron chi connectivity index (χ1n) is 6.15. The third-order valence-corrected chi connectivity index (χ3v) is 3.10. The predicted molar refractivity (Wildman–Crippen MR) is 66.9 cm³/mol. The van der Waals surface area contributed by atoms with Crippen LogP contribution >= 0.6 is 0 Å². The maximum atomic E-state index is 11.7. The summed E-state index contributed by atoms with van der Waals surface area (Å²) in [7, 11) is 0. The molecule has 0 atom stereocenters. The van der Waals surface area contributed by atoms with E-state index in [0.717, 1.165) is 18.4 Å². The average Bonchev–Trinajstić information content (AvgIpc) is 2.33. The van der Waals surface area contributed by atoms with Gasteiger partial charge in [0.2, 0.25) is 0 Å². The molecule has 0 saturated heterocycles. The SMILES string of the molecule is [CH2]c1ccccc1OC(=O)NC1CCCCC1. The second-order valence-corrected chi connectivity index (χ2v) is 4.48. The van der Waals surface area contributed by atoms with Crippen LogP contribution in [0.25, 0.3) is 0 Å². The second-order valence-electron chi connectivity index (χ2n) is 4.48. The van der Waals surface area contributed by atoms with E-state index in [9.17, 15) is 4.79 Å². The molecule has 0 bridgehead atoms. The lowest BCUT2D eigenvalue weighted by atomic mass is 9.96. The van der Waals surface area contributed by atoms with Crippen LogP contribution in [0.4, 0.5) is 4.79 Å². The number of para-hydroxylation sites is 1. The van der Waals surface area contributed by atoms with Gasteiger partial charge in [0.15, 0.2) is 0 Å². The summed E-state index contributed by atoms with van der Waals surface area (Å²) < 4.78 is 5.24. The largest absolute Gasteiger partial charge is 0.412 e. The number of hydrogen-bond donors (Lipinski definition) is 1. The van der Waals surface area contributed by atoms with Crippen molar-refractivity contribution in [3.63, 3.8) is 0 Å². The van der Waals surface area contributed by atoms with Crippen molar-refractivity contribution in [1.29, 1.82) is 0 Å². The fourth-order valence-electron chi connectivity index (χ4n) is 2.15. The lowest BCUT2D eigenvalue weighted by Crippen LogP contribution is -2.38.